The number of carbonyl (C=O) groups excluding carboxylic acids is 1. The third kappa shape index (κ3) is 2.51. The van der Waals surface area contributed by atoms with Gasteiger partial charge in [-0.15, -0.1) is 0 Å². The van der Waals surface area contributed by atoms with Crippen LogP contribution in [0.5, 0.6) is 11.5 Å². The molecule has 2 aliphatic heterocycles. The van der Waals surface area contributed by atoms with Crippen molar-refractivity contribution in [3.05, 3.63) is 119 Å². The molecule has 4 nitrogen and oxygen atoms in total. The summed E-state index contributed by atoms with van der Waals surface area (Å²) in [5.74, 6) is 1.04. The Balaban J connectivity index is 1.60. The number of para-hydroxylation sites is 2. The van der Waals surface area contributed by atoms with Gasteiger partial charge in [-0.1, -0.05) is 60.7 Å². The van der Waals surface area contributed by atoms with E-state index in [1.165, 1.54) is 0 Å². The number of rotatable bonds is 2. The smallest absolute Gasteiger partial charge is 0.342 e. The molecule has 0 amide bonds. The third-order valence-electron chi connectivity index (χ3n) is 5.94. The molecule has 31 heavy (non-hydrogen) atoms. The molecule has 6 rings (SSSR count). The van der Waals surface area contributed by atoms with E-state index >= 15 is 0 Å². The Hall–Kier alpha value is -4.05. The largest absolute Gasteiger partial charge is 0.456 e. The molecule has 0 atom stereocenters. The Bertz CT molecular complexity index is 1310. The highest BCUT2D eigenvalue weighted by Crippen LogP contribution is 2.56. The van der Waals surface area contributed by atoms with E-state index in [0.717, 1.165) is 33.6 Å². The minimum Gasteiger partial charge on any atom is -0.456 e. The molecule has 0 fully saturated rings. The highest BCUT2D eigenvalue weighted by Gasteiger charge is 2.54. The summed E-state index contributed by atoms with van der Waals surface area (Å²) >= 11 is 0. The number of benzene rings is 4. The van der Waals surface area contributed by atoms with Crippen molar-refractivity contribution in [2.45, 2.75) is 12.5 Å². The molecule has 0 unspecified atom stereocenters. The fraction of sp³-hybridized carbons (Fsp3) is 0.0741. The molecule has 4 heteroatoms. The van der Waals surface area contributed by atoms with E-state index < -0.39 is 5.60 Å². The van der Waals surface area contributed by atoms with Crippen molar-refractivity contribution in [1.82, 2.24) is 0 Å². The summed E-state index contributed by atoms with van der Waals surface area (Å²) in [4.78, 5) is 13.3. The van der Waals surface area contributed by atoms with Gasteiger partial charge in [0.1, 0.15) is 11.5 Å². The van der Waals surface area contributed by atoms with Gasteiger partial charge in [0.25, 0.3) is 0 Å². The number of carbonyl (C=O) groups is 1. The van der Waals surface area contributed by atoms with Gasteiger partial charge in [0.15, 0.2) is 5.60 Å². The fourth-order valence-electron chi connectivity index (χ4n) is 4.65. The molecule has 1 N–H and O–H groups in total. The number of ether oxygens (including phenoxy) is 2. The normalized spacial score (nSPS) is 14.8. The molecule has 0 bridgehead atoms. The maximum absolute atomic E-state index is 13.3. The van der Waals surface area contributed by atoms with E-state index in [0.29, 0.717) is 17.1 Å². The van der Waals surface area contributed by atoms with E-state index in [9.17, 15) is 4.79 Å². The monoisotopic (exact) mass is 405 g/mol. The lowest BCUT2D eigenvalue weighted by molar-refractivity contribution is 0.0225. The second-order valence-corrected chi connectivity index (χ2v) is 7.89. The van der Waals surface area contributed by atoms with Crippen LogP contribution in [0.3, 0.4) is 0 Å². The summed E-state index contributed by atoms with van der Waals surface area (Å²) < 4.78 is 12.4. The topological polar surface area (TPSA) is 47.6 Å². The number of fused-ring (bicyclic) bond motifs is 6. The molecule has 2 aliphatic rings. The van der Waals surface area contributed by atoms with Crippen LogP contribution < -0.4 is 10.1 Å². The van der Waals surface area contributed by atoms with Crippen LogP contribution in [0.1, 0.15) is 32.6 Å². The Labute approximate surface area is 180 Å². The fourth-order valence-corrected chi connectivity index (χ4v) is 4.65. The van der Waals surface area contributed by atoms with E-state index in [4.69, 9.17) is 9.47 Å². The first-order chi connectivity index (χ1) is 15.2. The summed E-state index contributed by atoms with van der Waals surface area (Å²) in [6.07, 6.45) is 0. The maximum Gasteiger partial charge on any atom is 0.342 e. The Morgan fingerprint density at radius 1 is 0.742 bits per heavy atom. The average Bonchev–Trinajstić information content (AvgIpc) is 3.08. The highest BCUT2D eigenvalue weighted by molar-refractivity contribution is 6.03. The van der Waals surface area contributed by atoms with E-state index in [1.807, 2.05) is 91.9 Å². The highest BCUT2D eigenvalue weighted by atomic mass is 16.6. The van der Waals surface area contributed by atoms with Gasteiger partial charge in [0, 0.05) is 22.4 Å². The van der Waals surface area contributed by atoms with Gasteiger partial charge in [-0.2, -0.15) is 0 Å². The third-order valence-corrected chi connectivity index (χ3v) is 5.94. The standard InChI is InChI=1S/C27H19NO3/c1-17-8-6-9-18(16-17)28-22-13-7-12-21-25(22)26(29)31-27(21)19-10-2-4-14-23(19)30-24-15-5-3-11-20(24)27/h2-16,28H,1H3. The van der Waals surface area contributed by atoms with Gasteiger partial charge in [-0.05, 0) is 42.8 Å². The number of aryl methyl sites for hydroxylation is 1. The minimum absolute atomic E-state index is 0.350. The lowest BCUT2D eigenvalue weighted by Gasteiger charge is -2.36. The van der Waals surface area contributed by atoms with Crippen molar-refractivity contribution in [2.24, 2.45) is 0 Å². The van der Waals surface area contributed by atoms with Crippen LogP contribution in [0, 0.1) is 6.92 Å². The summed E-state index contributed by atoms with van der Waals surface area (Å²) in [7, 11) is 0. The quantitative estimate of drug-likeness (QED) is 0.397. The number of hydrogen-bond donors (Lipinski definition) is 1. The van der Waals surface area contributed by atoms with Gasteiger partial charge in [0.2, 0.25) is 0 Å². The first-order valence-corrected chi connectivity index (χ1v) is 10.2. The number of anilines is 2. The van der Waals surface area contributed by atoms with E-state index in [-0.39, 0.29) is 5.97 Å². The Morgan fingerprint density at radius 2 is 1.39 bits per heavy atom. The van der Waals surface area contributed by atoms with Gasteiger partial charge in [0.05, 0.1) is 11.3 Å². The van der Waals surface area contributed by atoms with Gasteiger partial charge in [-0.25, -0.2) is 4.79 Å². The maximum atomic E-state index is 13.3. The lowest BCUT2D eigenvalue weighted by atomic mass is 9.77. The van der Waals surface area contributed by atoms with Crippen LogP contribution in [0.2, 0.25) is 0 Å². The molecule has 0 saturated heterocycles. The van der Waals surface area contributed by atoms with Crippen LogP contribution >= 0.6 is 0 Å². The summed E-state index contributed by atoms with van der Waals surface area (Å²) in [5, 5.41) is 3.41. The summed E-state index contributed by atoms with van der Waals surface area (Å²) in [6.45, 7) is 2.04. The molecule has 4 aromatic rings. The second-order valence-electron chi connectivity index (χ2n) is 7.89. The van der Waals surface area contributed by atoms with Crippen molar-refractivity contribution >= 4 is 17.3 Å². The van der Waals surface area contributed by atoms with Crippen LogP contribution in [-0.4, -0.2) is 5.97 Å². The number of esters is 1. The van der Waals surface area contributed by atoms with Gasteiger partial charge < -0.3 is 14.8 Å². The number of nitrogens with one attached hydrogen (secondary N) is 1. The molecule has 2 heterocycles. The lowest BCUT2D eigenvalue weighted by Crippen LogP contribution is -2.32. The van der Waals surface area contributed by atoms with E-state index in [1.54, 1.807) is 0 Å². The van der Waals surface area contributed by atoms with Crippen molar-refractivity contribution in [2.75, 3.05) is 5.32 Å². The van der Waals surface area contributed by atoms with E-state index in [2.05, 4.69) is 11.4 Å². The van der Waals surface area contributed by atoms with Gasteiger partial charge >= 0.3 is 5.97 Å². The van der Waals surface area contributed by atoms with Crippen LogP contribution in [0.15, 0.2) is 91.0 Å². The molecule has 4 aromatic carbocycles. The Morgan fingerprint density at radius 3 is 2.10 bits per heavy atom. The molecule has 150 valence electrons. The predicted octanol–water partition coefficient (Wildman–Crippen LogP) is 6.31. The molecule has 0 saturated carbocycles. The second kappa shape index (κ2) is 6.47. The zero-order valence-corrected chi connectivity index (χ0v) is 16.9. The molecule has 0 aromatic heterocycles. The van der Waals surface area contributed by atoms with Crippen molar-refractivity contribution in [3.8, 4) is 11.5 Å². The first-order valence-electron chi connectivity index (χ1n) is 10.2. The van der Waals surface area contributed by atoms with Crippen molar-refractivity contribution in [3.63, 3.8) is 0 Å². The zero-order chi connectivity index (χ0) is 21.0. The average molecular weight is 405 g/mol. The predicted molar refractivity (Wildman–Crippen MR) is 119 cm³/mol. The van der Waals surface area contributed by atoms with Crippen molar-refractivity contribution < 1.29 is 14.3 Å². The summed E-state index contributed by atoms with van der Waals surface area (Å²) in [5.41, 5.74) is 4.78. The molecule has 1 spiro atoms. The zero-order valence-electron chi connectivity index (χ0n) is 16.9. The van der Waals surface area contributed by atoms with Crippen LogP contribution in [0.25, 0.3) is 0 Å². The summed E-state index contributed by atoms with van der Waals surface area (Å²) in [6, 6.07) is 29.4. The molecular weight excluding hydrogens is 386 g/mol. The first kappa shape index (κ1) is 17.8. The van der Waals surface area contributed by atoms with Crippen molar-refractivity contribution in [1.29, 1.82) is 0 Å². The molecule has 0 radical (unpaired) electrons. The number of hydrogen-bond acceptors (Lipinski definition) is 4. The Kier molecular flexibility index (Phi) is 3.71. The molecular formula is C27H19NO3. The minimum atomic E-state index is -1.04. The SMILES string of the molecule is Cc1cccc(Nc2cccc3c2C(=O)OC32c3ccccc3Oc3ccccc32)c1. The van der Waals surface area contributed by atoms with Gasteiger partial charge in [-0.3, -0.25) is 0 Å². The van der Waals surface area contributed by atoms with Crippen LogP contribution in [0.4, 0.5) is 11.4 Å². The van der Waals surface area contributed by atoms with Crippen LogP contribution in [-0.2, 0) is 10.3 Å². The molecule has 0 aliphatic carbocycles.